The Labute approximate surface area is 314 Å². The zero-order chi connectivity index (χ0) is 37.8. The van der Waals surface area contributed by atoms with Gasteiger partial charge in [-0.3, -0.25) is 9.59 Å². The second-order valence-electron chi connectivity index (χ2n) is 15.6. The first-order chi connectivity index (χ1) is 24.6. The average Bonchev–Trinajstić information content (AvgIpc) is 3.08. The maximum absolute atomic E-state index is 12.6. The summed E-state index contributed by atoms with van der Waals surface area (Å²) in [5.41, 5.74) is 0. The van der Waals surface area contributed by atoms with Gasteiger partial charge in [-0.05, 0) is 32.1 Å². The minimum atomic E-state index is -1.12. The van der Waals surface area contributed by atoms with E-state index < -0.39 is 18.1 Å². The lowest BCUT2D eigenvalue weighted by atomic mass is 10.0. The third kappa shape index (κ3) is 33.6. The predicted molar refractivity (Wildman–Crippen MR) is 208 cm³/mol. The summed E-state index contributed by atoms with van der Waals surface area (Å²) in [6.45, 7) is 4.61. The third-order valence-corrected chi connectivity index (χ3v) is 9.63. The number of carboxylic acid groups (broad SMARTS) is 1. The molecule has 300 valence electrons. The van der Waals surface area contributed by atoms with E-state index in [2.05, 4.69) is 26.0 Å². The van der Waals surface area contributed by atoms with Crippen molar-refractivity contribution in [3.63, 3.8) is 0 Å². The number of carbonyl (C=O) groups is 3. The number of allylic oxidation sites excluding steroid dienone is 2. The molecule has 0 N–H and O–H groups in total. The molecule has 0 aliphatic carbocycles. The van der Waals surface area contributed by atoms with Gasteiger partial charge in [0.15, 0.2) is 6.10 Å². The molecule has 0 saturated carbocycles. The van der Waals surface area contributed by atoms with Crippen molar-refractivity contribution in [3.05, 3.63) is 12.2 Å². The molecular formula is C43H81NO7. The SMILES string of the molecule is CCC/C=C\CCCCCCCC(=O)OC(COCCC(C(=O)[O-])[N+](C)(C)C)COC(=O)CCCCCCCCCCCCCCCCCCC. The maximum atomic E-state index is 12.6. The smallest absolute Gasteiger partial charge is 0.306 e. The number of quaternary nitrogens is 1. The molecule has 0 aliphatic heterocycles. The van der Waals surface area contributed by atoms with Crippen LogP contribution in [0.4, 0.5) is 0 Å². The van der Waals surface area contributed by atoms with Crippen molar-refractivity contribution in [3.8, 4) is 0 Å². The van der Waals surface area contributed by atoms with Crippen molar-refractivity contribution in [2.75, 3.05) is 41.0 Å². The Morgan fingerprint density at radius 2 is 1.02 bits per heavy atom. The highest BCUT2D eigenvalue weighted by atomic mass is 16.6. The molecule has 0 aliphatic rings. The molecule has 0 amide bonds. The van der Waals surface area contributed by atoms with Gasteiger partial charge in [0.25, 0.3) is 0 Å². The van der Waals surface area contributed by atoms with Crippen LogP contribution in [0.2, 0.25) is 0 Å². The molecule has 0 saturated heterocycles. The first-order valence-corrected chi connectivity index (χ1v) is 21.2. The molecule has 0 rings (SSSR count). The minimum Gasteiger partial charge on any atom is -0.544 e. The fourth-order valence-corrected chi connectivity index (χ4v) is 6.31. The molecule has 0 heterocycles. The van der Waals surface area contributed by atoms with Crippen LogP contribution in [0.5, 0.6) is 0 Å². The van der Waals surface area contributed by atoms with Crippen molar-refractivity contribution >= 4 is 17.9 Å². The summed E-state index contributed by atoms with van der Waals surface area (Å²) in [4.78, 5) is 36.7. The van der Waals surface area contributed by atoms with Crippen LogP contribution in [0, 0.1) is 0 Å². The molecule has 0 bridgehead atoms. The lowest BCUT2D eigenvalue weighted by molar-refractivity contribution is -0.889. The highest BCUT2D eigenvalue weighted by molar-refractivity contribution is 5.70. The van der Waals surface area contributed by atoms with Crippen LogP contribution in [0.1, 0.15) is 194 Å². The molecule has 2 unspecified atom stereocenters. The molecule has 0 aromatic rings. The van der Waals surface area contributed by atoms with Gasteiger partial charge in [0.1, 0.15) is 12.6 Å². The van der Waals surface area contributed by atoms with Crippen molar-refractivity contribution < 1.29 is 38.2 Å². The number of carbonyl (C=O) groups excluding carboxylic acids is 3. The number of carboxylic acids is 1. The molecule has 0 spiro atoms. The van der Waals surface area contributed by atoms with Gasteiger partial charge in [-0.15, -0.1) is 0 Å². The molecule has 2 atom stereocenters. The maximum Gasteiger partial charge on any atom is 0.306 e. The van der Waals surface area contributed by atoms with Crippen LogP contribution in [0.15, 0.2) is 12.2 Å². The van der Waals surface area contributed by atoms with Gasteiger partial charge in [-0.25, -0.2) is 0 Å². The quantitative estimate of drug-likeness (QED) is 0.0271. The summed E-state index contributed by atoms with van der Waals surface area (Å²) in [5.74, 6) is -1.74. The fourth-order valence-electron chi connectivity index (χ4n) is 6.31. The van der Waals surface area contributed by atoms with Gasteiger partial charge < -0.3 is 28.6 Å². The Kier molecular flexibility index (Phi) is 33.8. The summed E-state index contributed by atoms with van der Waals surface area (Å²) in [6, 6.07) is -0.722. The number of rotatable bonds is 38. The first-order valence-electron chi connectivity index (χ1n) is 21.2. The van der Waals surface area contributed by atoms with Crippen LogP contribution < -0.4 is 5.11 Å². The van der Waals surface area contributed by atoms with Gasteiger partial charge in [0.05, 0.1) is 40.3 Å². The molecule has 8 nitrogen and oxygen atoms in total. The molecule has 8 heteroatoms. The van der Waals surface area contributed by atoms with Crippen LogP contribution in [0.25, 0.3) is 0 Å². The minimum absolute atomic E-state index is 0.0423. The molecule has 0 aromatic heterocycles. The van der Waals surface area contributed by atoms with E-state index in [1.165, 1.54) is 103 Å². The lowest BCUT2D eigenvalue weighted by Gasteiger charge is -2.34. The summed E-state index contributed by atoms with van der Waals surface area (Å²) < 4.78 is 17.1. The van der Waals surface area contributed by atoms with Crippen molar-refractivity contribution in [2.24, 2.45) is 0 Å². The van der Waals surface area contributed by atoms with E-state index >= 15 is 0 Å². The highest BCUT2D eigenvalue weighted by Gasteiger charge is 2.25. The second kappa shape index (κ2) is 35.1. The summed E-state index contributed by atoms with van der Waals surface area (Å²) in [5, 5.41) is 11.6. The Morgan fingerprint density at radius 1 is 0.569 bits per heavy atom. The first kappa shape index (κ1) is 49.1. The predicted octanol–water partition coefficient (Wildman–Crippen LogP) is 9.80. The van der Waals surface area contributed by atoms with Crippen molar-refractivity contribution in [2.45, 2.75) is 206 Å². The summed E-state index contributed by atoms with van der Waals surface area (Å²) >= 11 is 0. The zero-order valence-corrected chi connectivity index (χ0v) is 34.0. The number of aliphatic carboxylic acids is 1. The topological polar surface area (TPSA) is 102 Å². The lowest BCUT2D eigenvalue weighted by Crippen LogP contribution is -2.55. The normalized spacial score (nSPS) is 13.0. The van der Waals surface area contributed by atoms with Gasteiger partial charge in [-0.1, -0.05) is 154 Å². The number of nitrogens with zero attached hydrogens (tertiary/aromatic N) is 1. The van der Waals surface area contributed by atoms with Crippen LogP contribution in [0.3, 0.4) is 0 Å². The van der Waals surface area contributed by atoms with Crippen molar-refractivity contribution in [1.82, 2.24) is 0 Å². The Bertz CT molecular complexity index is 854. The number of hydrogen-bond donors (Lipinski definition) is 0. The van der Waals surface area contributed by atoms with Crippen LogP contribution in [-0.4, -0.2) is 75.5 Å². The molecule has 0 fully saturated rings. The van der Waals surface area contributed by atoms with Crippen LogP contribution >= 0.6 is 0 Å². The fraction of sp³-hybridized carbons (Fsp3) is 0.884. The largest absolute Gasteiger partial charge is 0.544 e. The average molecular weight is 724 g/mol. The zero-order valence-electron chi connectivity index (χ0n) is 34.0. The highest BCUT2D eigenvalue weighted by Crippen LogP contribution is 2.15. The molecular weight excluding hydrogens is 642 g/mol. The Morgan fingerprint density at radius 3 is 1.49 bits per heavy atom. The number of likely N-dealkylation sites (N-methyl/N-ethyl adjacent to an activating group) is 1. The Balaban J connectivity index is 4.27. The monoisotopic (exact) mass is 724 g/mol. The van der Waals surface area contributed by atoms with Gasteiger partial charge in [0, 0.05) is 19.3 Å². The standard InChI is InChI=1S/C43H81NO7/c1-6-8-10-12-14-16-18-19-20-21-22-23-24-26-27-29-31-33-41(45)50-38-39(37-49-36-35-40(43(47)48)44(3,4)5)51-42(46)34-32-30-28-25-17-15-13-11-9-7-2/h11,13,39-40H,6-10,12,14-38H2,1-5H3/b13-11-. The van der Waals surface area contributed by atoms with Crippen molar-refractivity contribution in [1.29, 1.82) is 0 Å². The second-order valence-corrected chi connectivity index (χ2v) is 15.6. The number of ether oxygens (including phenoxy) is 3. The number of esters is 2. The molecule has 0 aromatic carbocycles. The van der Waals surface area contributed by atoms with E-state index in [1.807, 2.05) is 0 Å². The van der Waals surface area contributed by atoms with E-state index in [1.54, 1.807) is 21.1 Å². The van der Waals surface area contributed by atoms with E-state index in [0.717, 1.165) is 57.8 Å². The van der Waals surface area contributed by atoms with E-state index in [-0.39, 0.29) is 42.7 Å². The van der Waals surface area contributed by atoms with Gasteiger partial charge in [0.2, 0.25) is 0 Å². The third-order valence-electron chi connectivity index (χ3n) is 9.63. The Hall–Kier alpha value is -1.93. The summed E-state index contributed by atoms with van der Waals surface area (Å²) in [6.07, 6.45) is 35.2. The number of hydrogen-bond acceptors (Lipinski definition) is 7. The number of unbranched alkanes of at least 4 members (excludes halogenated alkanes) is 22. The van der Waals surface area contributed by atoms with E-state index in [4.69, 9.17) is 14.2 Å². The summed E-state index contributed by atoms with van der Waals surface area (Å²) in [7, 11) is 5.40. The van der Waals surface area contributed by atoms with Gasteiger partial charge >= 0.3 is 11.9 Å². The van der Waals surface area contributed by atoms with E-state index in [9.17, 15) is 19.5 Å². The van der Waals surface area contributed by atoms with Crippen LogP contribution in [-0.2, 0) is 28.6 Å². The van der Waals surface area contributed by atoms with Gasteiger partial charge in [-0.2, -0.15) is 0 Å². The van der Waals surface area contributed by atoms with E-state index in [0.29, 0.717) is 12.8 Å². The molecule has 51 heavy (non-hydrogen) atoms. The molecule has 0 radical (unpaired) electrons.